The molecule has 0 aliphatic carbocycles. The Morgan fingerprint density at radius 3 is 1.54 bits per heavy atom. The third-order valence-corrected chi connectivity index (χ3v) is 3.45. The normalized spacial score (nSPS) is 15.3. The predicted molar refractivity (Wildman–Crippen MR) is 92.3 cm³/mol. The van der Waals surface area contributed by atoms with Gasteiger partial charge in [-0.3, -0.25) is 0 Å². The van der Waals surface area contributed by atoms with Crippen LogP contribution in [0.4, 0.5) is 0 Å². The van der Waals surface area contributed by atoms with Gasteiger partial charge >= 0.3 is 0 Å². The van der Waals surface area contributed by atoms with Crippen LogP contribution in [0.2, 0.25) is 0 Å². The van der Waals surface area contributed by atoms with Gasteiger partial charge in [-0.2, -0.15) is 0 Å². The number of rotatable bonds is 14. The quantitative estimate of drug-likeness (QED) is 0.188. The number of methoxy groups -OCH3 is 1. The summed E-state index contributed by atoms with van der Waals surface area (Å²) in [5.74, 6) is -2.55. The molecular weight excluding hydrogens is 352 g/mol. The summed E-state index contributed by atoms with van der Waals surface area (Å²) in [6.45, 7) is 3.54. The molecule has 0 rings (SSSR count). The molecule has 10 nitrogen and oxygen atoms in total. The van der Waals surface area contributed by atoms with Crippen molar-refractivity contribution in [3.63, 3.8) is 0 Å². The summed E-state index contributed by atoms with van der Waals surface area (Å²) in [4.78, 5) is 0. The van der Waals surface area contributed by atoms with Crippen molar-refractivity contribution < 1.29 is 49.6 Å². The molecule has 0 heterocycles. The summed E-state index contributed by atoms with van der Waals surface area (Å²) in [6, 6.07) is 0. The van der Waals surface area contributed by atoms with E-state index in [1.54, 1.807) is 13.8 Å². The second-order valence-corrected chi connectivity index (χ2v) is 5.59. The van der Waals surface area contributed by atoms with Crippen molar-refractivity contribution in [1.82, 2.24) is 0 Å². The minimum atomic E-state index is -1.40. The lowest BCUT2D eigenvalue weighted by Gasteiger charge is -2.31. The van der Waals surface area contributed by atoms with Gasteiger partial charge in [-0.25, -0.2) is 0 Å². The summed E-state index contributed by atoms with van der Waals surface area (Å²) < 4.78 is 20.3. The molecule has 0 fully saturated rings. The van der Waals surface area contributed by atoms with E-state index in [1.807, 2.05) is 6.92 Å². The fourth-order valence-corrected chi connectivity index (χ4v) is 1.76. The van der Waals surface area contributed by atoms with E-state index in [9.17, 15) is 0 Å². The van der Waals surface area contributed by atoms with Crippen molar-refractivity contribution in [2.45, 2.75) is 51.0 Å². The molecule has 0 saturated heterocycles. The number of hydrogen-bond acceptors (Lipinski definition) is 10. The summed E-state index contributed by atoms with van der Waals surface area (Å²) in [7, 11) is 1.33. The first-order valence-electron chi connectivity index (χ1n) is 8.49. The molecule has 0 saturated carbocycles. The first-order chi connectivity index (χ1) is 12.3. The molecule has 0 bridgehead atoms. The number of ether oxygens (including phenoxy) is 4. The lowest BCUT2D eigenvalue weighted by atomic mass is 10.2. The maximum Gasteiger partial charge on any atom is 0.215 e. The molecular formula is C16H36O10. The van der Waals surface area contributed by atoms with Gasteiger partial charge < -0.3 is 49.6 Å². The van der Waals surface area contributed by atoms with Crippen LogP contribution in [0, 0.1) is 0 Å². The van der Waals surface area contributed by atoms with Gasteiger partial charge in [0.1, 0.15) is 6.10 Å². The highest BCUT2D eigenvalue weighted by Crippen LogP contribution is 2.15. The van der Waals surface area contributed by atoms with E-state index in [0.717, 1.165) is 0 Å². The first-order valence-corrected chi connectivity index (χ1v) is 8.49. The van der Waals surface area contributed by atoms with Gasteiger partial charge in [0.05, 0.1) is 45.7 Å². The Hall–Kier alpha value is -0.400. The monoisotopic (exact) mass is 388 g/mol. The van der Waals surface area contributed by atoms with Crippen molar-refractivity contribution in [2.75, 3.05) is 53.4 Å². The second-order valence-electron chi connectivity index (χ2n) is 5.59. The molecule has 0 radical (unpaired) electrons. The summed E-state index contributed by atoms with van der Waals surface area (Å²) in [5, 5.41) is 53.1. The Balaban J connectivity index is 0. The van der Waals surface area contributed by atoms with Gasteiger partial charge in [-0.05, 0) is 20.3 Å². The largest absolute Gasteiger partial charge is 0.394 e. The van der Waals surface area contributed by atoms with Crippen molar-refractivity contribution >= 4 is 0 Å². The highest BCUT2D eigenvalue weighted by Gasteiger charge is 2.32. The lowest BCUT2D eigenvalue weighted by molar-refractivity contribution is -0.282. The zero-order chi connectivity index (χ0) is 20.6. The highest BCUT2D eigenvalue weighted by molar-refractivity contribution is 4.69. The highest BCUT2D eigenvalue weighted by atomic mass is 16.7. The van der Waals surface area contributed by atoms with Crippen LogP contribution < -0.4 is 0 Å². The van der Waals surface area contributed by atoms with Crippen LogP contribution in [0.15, 0.2) is 0 Å². The summed E-state index contributed by atoms with van der Waals surface area (Å²) in [6.07, 6.45) is -0.565. The molecule has 10 heteroatoms. The fourth-order valence-electron chi connectivity index (χ4n) is 1.76. The predicted octanol–water partition coefficient (Wildman–Crippen LogP) is -1.80. The maximum atomic E-state index is 8.94. The van der Waals surface area contributed by atoms with E-state index >= 15 is 0 Å². The summed E-state index contributed by atoms with van der Waals surface area (Å²) in [5.41, 5.74) is 0. The molecule has 2 atom stereocenters. The zero-order valence-corrected chi connectivity index (χ0v) is 16.1. The molecule has 0 unspecified atom stereocenters. The number of aliphatic hydroxyl groups is 6. The molecule has 160 valence electrons. The minimum absolute atomic E-state index is 0.165. The van der Waals surface area contributed by atoms with Crippen LogP contribution in [0.25, 0.3) is 0 Å². The van der Waals surface area contributed by atoms with Crippen LogP contribution in [0.3, 0.4) is 0 Å². The van der Waals surface area contributed by atoms with Crippen LogP contribution >= 0.6 is 0 Å². The van der Waals surface area contributed by atoms with E-state index in [2.05, 4.69) is 0 Å². The Labute approximate surface area is 154 Å². The van der Waals surface area contributed by atoms with Crippen molar-refractivity contribution in [1.29, 1.82) is 0 Å². The Morgan fingerprint density at radius 1 is 0.769 bits per heavy atom. The molecule has 0 spiro atoms. The molecule has 6 N–H and O–H groups in total. The van der Waals surface area contributed by atoms with E-state index in [0.29, 0.717) is 13.0 Å². The standard InChI is InChI=1S/2C8H18O5/c1-3-12-8(2,6-11)13-7(4-9)5-10;1-3-7(4-9)13-8(5-10,6-11)12-2/h2*7,9-11H,3-6H2,1-2H3/t8-;7-/m11/s1. The zero-order valence-electron chi connectivity index (χ0n) is 16.1. The molecule has 0 aromatic rings. The number of hydrogen-bond donors (Lipinski definition) is 6. The van der Waals surface area contributed by atoms with Crippen molar-refractivity contribution in [2.24, 2.45) is 0 Å². The first kappa shape index (κ1) is 27.8. The van der Waals surface area contributed by atoms with Crippen LogP contribution in [0.1, 0.15) is 27.2 Å². The molecule has 0 aliphatic heterocycles. The fraction of sp³-hybridized carbons (Fsp3) is 1.00. The van der Waals surface area contributed by atoms with Gasteiger partial charge in [0, 0.05) is 13.7 Å². The molecule has 0 aromatic carbocycles. The molecule has 0 aromatic heterocycles. The van der Waals surface area contributed by atoms with E-state index in [-0.39, 0.29) is 26.4 Å². The van der Waals surface area contributed by atoms with Gasteiger partial charge in [0.15, 0.2) is 5.79 Å². The third kappa shape index (κ3) is 10.7. The lowest BCUT2D eigenvalue weighted by Crippen LogP contribution is -2.46. The maximum absolute atomic E-state index is 8.94. The van der Waals surface area contributed by atoms with Gasteiger partial charge in [-0.1, -0.05) is 6.92 Å². The van der Waals surface area contributed by atoms with Gasteiger partial charge in [-0.15, -0.1) is 0 Å². The summed E-state index contributed by atoms with van der Waals surface area (Å²) >= 11 is 0. The van der Waals surface area contributed by atoms with E-state index < -0.39 is 37.0 Å². The Kier molecular flexibility index (Phi) is 16.7. The Morgan fingerprint density at radius 2 is 1.27 bits per heavy atom. The van der Waals surface area contributed by atoms with E-state index in [4.69, 9.17) is 49.6 Å². The Bertz CT molecular complexity index is 297. The minimum Gasteiger partial charge on any atom is -0.394 e. The van der Waals surface area contributed by atoms with Crippen LogP contribution in [0.5, 0.6) is 0 Å². The van der Waals surface area contributed by atoms with Crippen molar-refractivity contribution in [3.05, 3.63) is 0 Å². The van der Waals surface area contributed by atoms with Gasteiger partial charge in [0.25, 0.3) is 0 Å². The second kappa shape index (κ2) is 15.6. The average Bonchev–Trinajstić information content (AvgIpc) is 2.68. The SMILES string of the molecule is CCO[C@@](C)(CO)OC(CO)CO.CC[C@H](CO)OC(CO)(CO)OC. The topological polar surface area (TPSA) is 158 Å². The molecule has 26 heavy (non-hydrogen) atoms. The van der Waals surface area contributed by atoms with Crippen molar-refractivity contribution in [3.8, 4) is 0 Å². The third-order valence-electron chi connectivity index (χ3n) is 3.45. The smallest absolute Gasteiger partial charge is 0.215 e. The van der Waals surface area contributed by atoms with Gasteiger partial charge in [0.2, 0.25) is 5.79 Å². The van der Waals surface area contributed by atoms with E-state index in [1.165, 1.54) is 7.11 Å². The molecule has 0 aliphatic rings. The van der Waals surface area contributed by atoms with Crippen LogP contribution in [-0.4, -0.2) is 108 Å². The molecule has 0 amide bonds. The van der Waals surface area contributed by atoms with Crippen LogP contribution in [-0.2, 0) is 18.9 Å². The number of aliphatic hydroxyl groups excluding tert-OH is 6. The average molecular weight is 388 g/mol.